The molecule has 0 aliphatic carbocycles. The van der Waals surface area contributed by atoms with Crippen LogP contribution in [0.2, 0.25) is 0 Å². The number of aliphatic hydroxyl groups excluding tert-OH is 1. The van der Waals surface area contributed by atoms with Crippen molar-refractivity contribution >= 4 is 22.6 Å². The maximum atomic E-state index is 12.7. The minimum absolute atomic E-state index is 0.171. The van der Waals surface area contributed by atoms with Gasteiger partial charge in [0.15, 0.2) is 11.5 Å². The molecule has 0 bridgehead atoms. The first kappa shape index (κ1) is 17.1. The van der Waals surface area contributed by atoms with Gasteiger partial charge in [0.05, 0.1) is 11.6 Å². The van der Waals surface area contributed by atoms with Crippen LogP contribution in [0.25, 0.3) is 10.9 Å². The fourth-order valence-electron chi connectivity index (χ4n) is 3.81. The molecule has 1 aliphatic rings. The number of aromatic amines is 1. The van der Waals surface area contributed by atoms with Crippen molar-refractivity contribution < 1.29 is 14.7 Å². The summed E-state index contributed by atoms with van der Waals surface area (Å²) in [4.78, 5) is 29.6. The molecule has 1 aliphatic heterocycles. The second-order valence-corrected chi connectivity index (χ2v) is 6.74. The molecule has 1 aromatic heterocycles. The van der Waals surface area contributed by atoms with Gasteiger partial charge in [-0.15, -0.1) is 0 Å². The number of H-pyrrole nitrogens is 1. The quantitative estimate of drug-likeness (QED) is 0.729. The molecule has 2 aromatic carbocycles. The molecule has 27 heavy (non-hydrogen) atoms. The summed E-state index contributed by atoms with van der Waals surface area (Å²) in [5.41, 5.74) is 3.13. The zero-order valence-corrected chi connectivity index (χ0v) is 15.0. The Morgan fingerprint density at radius 2 is 1.81 bits per heavy atom. The van der Waals surface area contributed by atoms with Gasteiger partial charge in [-0.1, -0.05) is 48.5 Å². The number of aliphatic hydroxyl groups is 1. The predicted octanol–water partition coefficient (Wildman–Crippen LogP) is 3.70. The van der Waals surface area contributed by atoms with Crippen LogP contribution in [0.15, 0.2) is 72.1 Å². The van der Waals surface area contributed by atoms with Crippen molar-refractivity contribution in [2.24, 2.45) is 0 Å². The molecule has 0 radical (unpaired) electrons. The van der Waals surface area contributed by atoms with Crippen molar-refractivity contribution in [3.63, 3.8) is 0 Å². The highest BCUT2D eigenvalue weighted by atomic mass is 16.3. The molecule has 136 valence electrons. The third-order valence-electron chi connectivity index (χ3n) is 5.10. The van der Waals surface area contributed by atoms with Crippen LogP contribution in [0.5, 0.6) is 0 Å². The first-order valence-corrected chi connectivity index (χ1v) is 8.93. The maximum Gasteiger partial charge on any atom is 0.290 e. The number of fused-ring (bicyclic) bond motifs is 1. The summed E-state index contributed by atoms with van der Waals surface area (Å²) < 4.78 is 0. The van der Waals surface area contributed by atoms with Gasteiger partial charge in [-0.05, 0) is 30.5 Å². The number of ketones is 1. The Labute approximate surface area is 156 Å². The zero-order chi connectivity index (χ0) is 19.0. The second-order valence-electron chi connectivity index (χ2n) is 6.74. The molecule has 0 saturated carbocycles. The highest BCUT2D eigenvalue weighted by molar-refractivity contribution is 6.08. The highest BCUT2D eigenvalue weighted by Crippen LogP contribution is 2.37. The normalized spacial score (nSPS) is 17.1. The summed E-state index contributed by atoms with van der Waals surface area (Å²) in [7, 11) is 0. The standard InChI is InChI=1S/C22H20N2O3/c1-14(25)19-20(15-7-3-2-4-8-15)24(22(27)21(19)26)12-11-16-13-23-18-10-6-5-9-17(16)18/h2-10,13,20,23,26H,11-12H2,1H3/t20-/m0/s1. The van der Waals surface area contributed by atoms with Crippen LogP contribution in [0.4, 0.5) is 0 Å². The highest BCUT2D eigenvalue weighted by Gasteiger charge is 2.41. The Hall–Kier alpha value is -3.34. The van der Waals surface area contributed by atoms with Gasteiger partial charge < -0.3 is 15.0 Å². The van der Waals surface area contributed by atoms with Crippen molar-refractivity contribution in [1.82, 2.24) is 9.88 Å². The molecule has 0 saturated heterocycles. The summed E-state index contributed by atoms with van der Waals surface area (Å²) in [5, 5.41) is 11.4. The summed E-state index contributed by atoms with van der Waals surface area (Å²) in [6.07, 6.45) is 2.57. The van der Waals surface area contributed by atoms with Crippen molar-refractivity contribution in [1.29, 1.82) is 0 Å². The lowest BCUT2D eigenvalue weighted by molar-refractivity contribution is -0.129. The number of carbonyl (C=O) groups is 2. The third kappa shape index (κ3) is 2.91. The monoisotopic (exact) mass is 360 g/mol. The van der Waals surface area contributed by atoms with Crippen molar-refractivity contribution in [2.75, 3.05) is 6.54 Å². The molecule has 0 spiro atoms. The lowest BCUT2D eigenvalue weighted by atomic mass is 9.96. The predicted molar refractivity (Wildman–Crippen MR) is 103 cm³/mol. The van der Waals surface area contributed by atoms with E-state index in [0.717, 1.165) is 22.0 Å². The van der Waals surface area contributed by atoms with Gasteiger partial charge >= 0.3 is 0 Å². The van der Waals surface area contributed by atoms with Crippen molar-refractivity contribution in [3.8, 4) is 0 Å². The number of aromatic nitrogens is 1. The average Bonchev–Trinajstić information content (AvgIpc) is 3.20. The SMILES string of the molecule is CC(=O)C1=C(O)C(=O)N(CCc2c[nH]c3ccccc23)[C@H]1c1ccccc1. The van der Waals surface area contributed by atoms with E-state index in [1.165, 1.54) is 6.92 Å². The van der Waals surface area contributed by atoms with E-state index >= 15 is 0 Å². The maximum absolute atomic E-state index is 12.7. The Morgan fingerprint density at radius 3 is 2.56 bits per heavy atom. The minimum atomic E-state index is -0.554. The van der Waals surface area contributed by atoms with Crippen LogP contribution in [-0.4, -0.2) is 33.2 Å². The van der Waals surface area contributed by atoms with E-state index in [1.807, 2.05) is 60.8 Å². The molecule has 5 heteroatoms. The van der Waals surface area contributed by atoms with Gasteiger partial charge in [0.1, 0.15) is 0 Å². The number of hydrogen-bond donors (Lipinski definition) is 2. The van der Waals surface area contributed by atoms with Crippen LogP contribution in [0.3, 0.4) is 0 Å². The van der Waals surface area contributed by atoms with Crippen LogP contribution in [0.1, 0.15) is 24.1 Å². The minimum Gasteiger partial charge on any atom is -0.503 e. The first-order valence-electron chi connectivity index (χ1n) is 8.93. The Morgan fingerprint density at radius 1 is 1.11 bits per heavy atom. The van der Waals surface area contributed by atoms with E-state index in [0.29, 0.717) is 13.0 Å². The fourth-order valence-corrected chi connectivity index (χ4v) is 3.81. The van der Waals surface area contributed by atoms with Gasteiger partial charge in [-0.25, -0.2) is 0 Å². The lowest BCUT2D eigenvalue weighted by Crippen LogP contribution is -2.32. The van der Waals surface area contributed by atoms with E-state index in [2.05, 4.69) is 4.98 Å². The van der Waals surface area contributed by atoms with E-state index in [-0.39, 0.29) is 11.4 Å². The molecule has 0 fully saturated rings. The molecular formula is C22H20N2O3. The number of nitrogens with one attached hydrogen (secondary N) is 1. The number of para-hydroxylation sites is 1. The fraction of sp³-hybridized carbons (Fsp3) is 0.182. The Bertz CT molecular complexity index is 1050. The summed E-state index contributed by atoms with van der Waals surface area (Å²) in [5.74, 6) is -1.21. The molecule has 0 unspecified atom stereocenters. The molecule has 3 aromatic rings. The average molecular weight is 360 g/mol. The van der Waals surface area contributed by atoms with Gasteiger partial charge in [0, 0.05) is 23.6 Å². The number of benzene rings is 2. The Balaban J connectivity index is 1.66. The smallest absolute Gasteiger partial charge is 0.290 e. The third-order valence-corrected chi connectivity index (χ3v) is 5.10. The van der Waals surface area contributed by atoms with Gasteiger partial charge in [-0.2, -0.15) is 0 Å². The van der Waals surface area contributed by atoms with Crippen LogP contribution in [-0.2, 0) is 16.0 Å². The summed E-state index contributed by atoms with van der Waals surface area (Å²) >= 11 is 0. The first-order chi connectivity index (χ1) is 13.1. The zero-order valence-electron chi connectivity index (χ0n) is 15.0. The molecule has 1 amide bonds. The molecule has 4 rings (SSSR count). The van der Waals surface area contributed by atoms with Crippen molar-refractivity contribution in [3.05, 3.63) is 83.3 Å². The van der Waals surface area contributed by atoms with Gasteiger partial charge in [-0.3, -0.25) is 9.59 Å². The number of nitrogens with zero attached hydrogens (tertiary/aromatic N) is 1. The molecule has 5 nitrogen and oxygen atoms in total. The molecule has 2 N–H and O–H groups in total. The van der Waals surface area contributed by atoms with Crippen LogP contribution < -0.4 is 0 Å². The topological polar surface area (TPSA) is 73.4 Å². The number of carbonyl (C=O) groups excluding carboxylic acids is 2. The van der Waals surface area contributed by atoms with E-state index in [1.54, 1.807) is 4.90 Å². The van der Waals surface area contributed by atoms with E-state index < -0.39 is 17.7 Å². The Kier molecular flexibility index (Phi) is 4.28. The lowest BCUT2D eigenvalue weighted by Gasteiger charge is -2.26. The summed E-state index contributed by atoms with van der Waals surface area (Å²) in [6.45, 7) is 1.79. The van der Waals surface area contributed by atoms with E-state index in [4.69, 9.17) is 0 Å². The van der Waals surface area contributed by atoms with Crippen molar-refractivity contribution in [2.45, 2.75) is 19.4 Å². The number of rotatable bonds is 5. The van der Waals surface area contributed by atoms with Crippen LogP contribution >= 0.6 is 0 Å². The number of hydrogen-bond acceptors (Lipinski definition) is 3. The molecule has 1 atom stereocenters. The molecule has 2 heterocycles. The summed E-state index contributed by atoms with van der Waals surface area (Å²) in [6, 6.07) is 16.8. The number of Topliss-reactive ketones (excluding diaryl/α,β-unsaturated/α-hetero) is 1. The van der Waals surface area contributed by atoms with Gasteiger partial charge in [0.25, 0.3) is 5.91 Å². The second kappa shape index (κ2) is 6.76. The largest absolute Gasteiger partial charge is 0.503 e. The van der Waals surface area contributed by atoms with Crippen LogP contribution in [0, 0.1) is 0 Å². The van der Waals surface area contributed by atoms with E-state index in [9.17, 15) is 14.7 Å². The molecular weight excluding hydrogens is 340 g/mol. The number of amides is 1. The van der Waals surface area contributed by atoms with Gasteiger partial charge in [0.2, 0.25) is 0 Å².